The van der Waals surface area contributed by atoms with Crippen LogP contribution in [0.1, 0.15) is 72.9 Å². The Balaban J connectivity index is -0.000000150. The second-order valence-electron chi connectivity index (χ2n) is 22.8. The molecule has 129 heavy (non-hydrogen) atoms. The number of nitrogens with two attached hydrogens (primary N) is 3. The number of Topliss-reactive ketones (excluding diaryl/α,β-unsaturated/α-hetero) is 1. The molecule has 0 saturated heterocycles. The fourth-order valence-electron chi connectivity index (χ4n) is 6.06. The minimum Gasteiger partial charge on any atom is -0.500 e. The predicted octanol–water partition coefficient (Wildman–Crippen LogP) is 21.9. The van der Waals surface area contributed by atoms with E-state index in [4.69, 9.17) is 111 Å². The van der Waals surface area contributed by atoms with Crippen molar-refractivity contribution >= 4 is 108 Å². The van der Waals surface area contributed by atoms with Crippen LogP contribution in [-0.4, -0.2) is 113 Å². The molecule has 2 atom stereocenters. The molecule has 2 unspecified atom stereocenters. The maximum Gasteiger partial charge on any atom is 1.00 e. The molecule has 698 valence electrons. The molecule has 0 aliphatic heterocycles. The van der Waals surface area contributed by atoms with Crippen molar-refractivity contribution in [2.24, 2.45) is 45.6 Å². The second kappa shape index (κ2) is 106. The predicted molar refractivity (Wildman–Crippen MR) is 523 cm³/mol. The summed E-state index contributed by atoms with van der Waals surface area (Å²) in [6.07, 6.45) is 32.8. The minimum atomic E-state index is -2.40. The maximum atomic E-state index is 10.5. The monoisotopic (exact) mass is 2000 g/mol. The Hall–Kier alpha value is -12.3. The van der Waals surface area contributed by atoms with Crippen LogP contribution in [-0.2, 0) is 30.5 Å². The van der Waals surface area contributed by atoms with Gasteiger partial charge in [0.1, 0.15) is 60.9 Å². The molecular formula is C85H115Br2Cl3N21NaO16S. The summed E-state index contributed by atoms with van der Waals surface area (Å²) >= 11 is 8.61. The maximum absolute atomic E-state index is 10.5. The number of terminal acetylenes is 2. The van der Waals surface area contributed by atoms with Gasteiger partial charge in [0.25, 0.3) is 5.69 Å². The molecule has 6 rings (SSSR count). The Kier molecular flexibility index (Phi) is 113. The first-order valence-corrected chi connectivity index (χ1v) is 40.2. The third-order valence-corrected chi connectivity index (χ3v) is 13.2. The first kappa shape index (κ1) is 137. The van der Waals surface area contributed by atoms with E-state index in [1.54, 1.807) is 123 Å². The number of nitrogens with zero attached hydrogens (tertiary/aromatic N) is 17. The van der Waals surface area contributed by atoms with Gasteiger partial charge in [-0.2, -0.15) is 10.8 Å². The zero-order valence-electron chi connectivity index (χ0n) is 73.9. The third kappa shape index (κ3) is 112. The number of aryl methyl sites for hydroxylation is 2. The second-order valence-corrected chi connectivity index (χ2v) is 25.2. The van der Waals surface area contributed by atoms with Crippen molar-refractivity contribution in [3.8, 4) is 59.2 Å². The summed E-state index contributed by atoms with van der Waals surface area (Å²) in [5.74, 6) is 9.13. The fourth-order valence-corrected chi connectivity index (χ4v) is 6.54. The molecule has 0 aliphatic carbocycles. The Labute approximate surface area is 814 Å². The zero-order chi connectivity index (χ0) is 96.5. The van der Waals surface area contributed by atoms with Gasteiger partial charge in [-0.15, -0.1) is 44.2 Å². The van der Waals surface area contributed by atoms with Crippen LogP contribution in [0.3, 0.4) is 0 Å². The number of ether oxygens (including phenoxy) is 8. The van der Waals surface area contributed by atoms with Crippen molar-refractivity contribution in [1.82, 2.24) is 0 Å². The van der Waals surface area contributed by atoms with Gasteiger partial charge in [0, 0.05) is 54.9 Å². The van der Waals surface area contributed by atoms with Crippen LogP contribution in [0.2, 0.25) is 0 Å². The van der Waals surface area contributed by atoms with Crippen molar-refractivity contribution in [3.63, 3.8) is 0 Å². The van der Waals surface area contributed by atoms with Gasteiger partial charge in [-0.05, 0) is 221 Å². The number of nitrogen functional groups attached to an aromatic ring is 3. The van der Waals surface area contributed by atoms with Crippen molar-refractivity contribution < 1.29 is 101 Å². The van der Waals surface area contributed by atoms with E-state index in [1.807, 2.05) is 140 Å². The van der Waals surface area contributed by atoms with Crippen molar-refractivity contribution in [2.75, 3.05) is 93.8 Å². The van der Waals surface area contributed by atoms with Crippen molar-refractivity contribution in [1.29, 1.82) is 5.53 Å². The molecule has 0 spiro atoms. The number of aliphatic hydroxyl groups is 1. The molecule has 0 amide bonds. The van der Waals surface area contributed by atoms with E-state index in [0.717, 1.165) is 56.9 Å². The van der Waals surface area contributed by atoms with Gasteiger partial charge in [0.2, 0.25) is 0 Å². The minimum absolute atomic E-state index is 0. The number of nitrogens with one attached hydrogen (secondary N) is 1. The van der Waals surface area contributed by atoms with Crippen LogP contribution in [0.5, 0.6) is 34.5 Å². The van der Waals surface area contributed by atoms with Gasteiger partial charge in [0.05, 0.1) is 80.1 Å². The number of carbonyl (C=O) groups excluding carboxylic acids is 1. The smallest absolute Gasteiger partial charge is 0.500 e. The van der Waals surface area contributed by atoms with Crippen LogP contribution in [0.15, 0.2) is 313 Å². The van der Waals surface area contributed by atoms with Crippen LogP contribution in [0.25, 0.3) is 36.9 Å². The Morgan fingerprint density at radius 2 is 0.977 bits per heavy atom. The van der Waals surface area contributed by atoms with Gasteiger partial charge in [0.15, 0.2) is 5.78 Å². The summed E-state index contributed by atoms with van der Waals surface area (Å²) in [4.78, 5) is 30.2. The molecule has 6 aromatic rings. The number of alkyl halides is 2. The number of halogens is 5. The third-order valence-electron chi connectivity index (χ3n) is 12.2. The van der Waals surface area contributed by atoms with Gasteiger partial charge >= 0.3 is 40.8 Å². The van der Waals surface area contributed by atoms with Crippen molar-refractivity contribution in [2.45, 2.75) is 81.8 Å². The Morgan fingerprint density at radius 3 is 1.29 bits per heavy atom. The quantitative estimate of drug-likeness (QED) is 0.00152. The van der Waals surface area contributed by atoms with E-state index >= 15 is 0 Å². The molecule has 6 aromatic carbocycles. The number of allylic oxidation sites excluding steroid dienone is 14. The molecule has 0 radical (unpaired) electrons. The summed E-state index contributed by atoms with van der Waals surface area (Å²) in [5.41, 5.74) is 61.0. The van der Waals surface area contributed by atoms with Gasteiger partial charge in [-0.25, -0.2) is 9.20 Å². The SMILES string of the molecule is C#CCO/C=C/C=C(/C)C=C.C#CCOc1ccc(N)cc1.C=C(C)CC.C=C/C(C)=C\C=C\C.C=C/C(C)=C\C=C\OCCBr.CC(=O)COc1ccc(N)cc1.Cc1ccc(OCC(C)O)cc1.Cc1ccc(OCCN=[N+]=[N-])cc1.Cl.Cl.N=NN=NCl.O=S(O)N=N/N=N/OO.O=[N+]([O-])c1ccc(OCCBr)cc1.[N-]=[N+]=NCCOc1ccc(N)cc1.[N-]=[N+]=[N-].[Na+]. The van der Waals surface area contributed by atoms with E-state index in [9.17, 15) is 19.1 Å². The van der Waals surface area contributed by atoms with E-state index < -0.39 is 22.3 Å². The molecule has 0 saturated carbocycles. The Morgan fingerprint density at radius 1 is 0.620 bits per heavy atom. The van der Waals surface area contributed by atoms with Crippen LogP contribution >= 0.6 is 68.5 Å². The molecule has 10 N–H and O–H groups in total. The number of nitro benzene ring substituents is 1. The molecule has 44 heteroatoms. The number of non-ortho nitro benzene ring substituents is 1. The summed E-state index contributed by atoms with van der Waals surface area (Å²) in [7, 11) is 0. The van der Waals surface area contributed by atoms with E-state index in [2.05, 4.69) is 149 Å². The number of benzene rings is 6. The molecule has 0 aliphatic rings. The standard InChI is InChI=1S/C10H14O2.C10H12O.C9H13BrO.C9H11N3O.C9H11NO2.C9H9NO.C8H8BrNO3.C8H10N4O.C8H12.C5H10.ClHN4.2ClH.H2N4O4S.N3.Na/c1-8-3-5-10(6-4-8)12-7-9(2)11;1-4-8-11-9-6-7-10(3)5-2;1-3-9(2)5-4-7-11-8-6-10;1-8-2-4-9(5-3-8)13-7-6-11-12-10;1-7(11)6-12-9-4-2-8(10)3-5-9;1-2-7-11-9-5-3-8(10)4-6-9;9-5-6-13-8-3-1-7(2-4-8)10(11)12;9-7-1-3-8(4-2-7)13-6-5-11-12-10;1-4-6-7-8(3)5-2;1-4-5(2)3;1-3-5-4-2;;;5-8-3-1-2-4-9(6)7;1-3-2;/h3-6,9,11H,7H2,1-2H3;1,5-7,9H,2,8H2,3H3;3-5,7H,1,6,8H2,2H3;2-5H,6-7H2,1H3;2-5H,6,10H2,1H3;1,3-6H,7,10H2;1-4H,5-6H2;1-4H,5-6,9H2;4-7H,2H2,1,3H3;2,4H2,1,3H3;2H;2*1H;5H,(H,6,7);;/q;;;;;;;;;;;;;;-1;+1/b;9-6+,10-7-;7-4+,9-5-;;;;;;6-4+,8-7-;;;;;3-1+,4-2?;;. The molecule has 0 bridgehead atoms. The summed E-state index contributed by atoms with van der Waals surface area (Å²) in [5, 5.41) is 47.7. The average Bonchev–Trinajstić information content (AvgIpc) is 0.865. The molecular weight excluding hydrogens is 1890 g/mol. The normalized spacial score (nSPS) is 10.0. The summed E-state index contributed by atoms with van der Waals surface area (Å²) < 4.78 is 63.9. The van der Waals surface area contributed by atoms with Crippen molar-refractivity contribution in [3.05, 3.63) is 326 Å². The number of rotatable bonds is 36. The Bertz CT molecular complexity index is 4360. The number of hydrogen-bond acceptors (Lipinski definition) is 23. The largest absolute Gasteiger partial charge is 1.00 e. The number of anilines is 3. The number of carbonyl (C=O) groups is 1. The molecule has 0 fully saturated rings. The fraction of sp³-hybridized carbons (Fsp3) is 0.282. The van der Waals surface area contributed by atoms with E-state index in [0.29, 0.717) is 82.2 Å². The summed E-state index contributed by atoms with van der Waals surface area (Å²) in [6.45, 7) is 37.7. The zero-order valence-corrected chi connectivity index (χ0v) is 82.3. The van der Waals surface area contributed by atoms with Gasteiger partial charge in [-0.1, -0.05) is 192 Å². The van der Waals surface area contributed by atoms with Gasteiger partial charge in [-0.3, -0.25) is 24.4 Å². The molecule has 0 heterocycles. The van der Waals surface area contributed by atoms with E-state index in [-0.39, 0.29) is 72.4 Å². The number of azide groups is 2. The molecule has 37 nitrogen and oxygen atoms in total. The first-order valence-electron chi connectivity index (χ1n) is 36.6. The van der Waals surface area contributed by atoms with Crippen LogP contribution < -0.4 is 75.2 Å². The number of nitro groups is 1. The van der Waals surface area contributed by atoms with E-state index in [1.165, 1.54) is 46.2 Å². The van der Waals surface area contributed by atoms with Crippen LogP contribution in [0.4, 0.5) is 22.7 Å². The number of ketones is 1. The van der Waals surface area contributed by atoms with Crippen LogP contribution in [0, 0.1) is 54.2 Å². The number of hydrogen-bond donors (Lipinski definition) is 7. The average molecular weight is 2010 g/mol. The summed E-state index contributed by atoms with van der Waals surface area (Å²) in [6, 6.07) is 42.6. The number of aliphatic hydroxyl groups excluding tert-OH is 1. The topological polar surface area (TPSA) is 566 Å². The first-order chi connectivity index (χ1) is 60.4. The molecule has 0 aromatic heterocycles. The van der Waals surface area contributed by atoms with Gasteiger partial charge < -0.3 is 71.3 Å².